The summed E-state index contributed by atoms with van der Waals surface area (Å²) in [4.78, 5) is 13.0. The lowest BCUT2D eigenvalue weighted by Crippen LogP contribution is -2.29. The van der Waals surface area contributed by atoms with Gasteiger partial charge in [0.15, 0.2) is 0 Å². The first-order chi connectivity index (χ1) is 13.2. The molecule has 2 heterocycles. The Labute approximate surface area is 175 Å². The number of nitrogens with zero attached hydrogens (tertiary/aromatic N) is 2. The minimum absolute atomic E-state index is 0. The van der Waals surface area contributed by atoms with Gasteiger partial charge in [-0.1, -0.05) is 35.9 Å². The quantitative estimate of drug-likeness (QED) is 0.649. The van der Waals surface area contributed by atoms with Gasteiger partial charge < -0.3 is 10.6 Å². The van der Waals surface area contributed by atoms with Gasteiger partial charge in [0.1, 0.15) is 0 Å². The molecule has 0 bridgehead atoms. The first-order valence-corrected chi connectivity index (χ1v) is 9.51. The highest BCUT2D eigenvalue weighted by Crippen LogP contribution is 2.30. The maximum atomic E-state index is 13.0. The van der Waals surface area contributed by atoms with E-state index in [1.165, 1.54) is 0 Å². The molecular weight excluding hydrogens is 395 g/mol. The summed E-state index contributed by atoms with van der Waals surface area (Å²) in [5, 5.41) is 11.5. The third-order valence-corrected chi connectivity index (χ3v) is 5.10. The Morgan fingerprint density at radius 2 is 1.86 bits per heavy atom. The number of nitrogens with one attached hydrogen (secondary N) is 2. The molecular formula is C21H22Cl2N4O. The summed E-state index contributed by atoms with van der Waals surface area (Å²) in [6, 6.07) is 17.1. The molecule has 2 aromatic carbocycles. The van der Waals surface area contributed by atoms with Crippen molar-refractivity contribution in [3.8, 4) is 5.69 Å². The largest absolute Gasteiger partial charge is 0.322 e. The van der Waals surface area contributed by atoms with Crippen LogP contribution in [0, 0.1) is 0 Å². The number of carbonyl (C=O) groups excluding carboxylic acids is 1. The predicted molar refractivity (Wildman–Crippen MR) is 115 cm³/mol. The minimum atomic E-state index is -0.159. The van der Waals surface area contributed by atoms with E-state index in [0.717, 1.165) is 37.3 Å². The van der Waals surface area contributed by atoms with Crippen LogP contribution in [0.3, 0.4) is 0 Å². The summed E-state index contributed by atoms with van der Waals surface area (Å²) in [7, 11) is 0. The predicted octanol–water partition coefficient (Wildman–Crippen LogP) is 4.67. The van der Waals surface area contributed by atoms with Gasteiger partial charge in [0, 0.05) is 16.6 Å². The highest BCUT2D eigenvalue weighted by atomic mass is 35.5. The van der Waals surface area contributed by atoms with Gasteiger partial charge in [-0.05, 0) is 56.3 Å². The van der Waals surface area contributed by atoms with E-state index in [9.17, 15) is 4.79 Å². The Morgan fingerprint density at radius 3 is 2.57 bits per heavy atom. The van der Waals surface area contributed by atoms with Crippen LogP contribution in [-0.2, 0) is 0 Å². The molecule has 1 amide bonds. The monoisotopic (exact) mass is 416 g/mol. The van der Waals surface area contributed by atoms with E-state index in [0.29, 0.717) is 16.3 Å². The first kappa shape index (κ1) is 20.4. The van der Waals surface area contributed by atoms with Crippen molar-refractivity contribution in [3.05, 3.63) is 77.1 Å². The summed E-state index contributed by atoms with van der Waals surface area (Å²) in [6.07, 6.45) is 3.64. The Kier molecular flexibility index (Phi) is 6.73. The maximum absolute atomic E-state index is 13.0. The number of para-hydroxylation sites is 1. The zero-order valence-corrected chi connectivity index (χ0v) is 16.8. The summed E-state index contributed by atoms with van der Waals surface area (Å²) >= 11 is 6.04. The van der Waals surface area contributed by atoms with Gasteiger partial charge in [-0.2, -0.15) is 5.10 Å². The Hall–Kier alpha value is -2.34. The molecule has 3 aromatic rings. The van der Waals surface area contributed by atoms with E-state index in [1.54, 1.807) is 18.3 Å². The Bertz CT molecular complexity index is 937. The molecule has 0 spiro atoms. The number of benzene rings is 2. The van der Waals surface area contributed by atoms with Gasteiger partial charge >= 0.3 is 0 Å². The lowest BCUT2D eigenvalue weighted by atomic mass is 9.91. The van der Waals surface area contributed by atoms with E-state index in [-0.39, 0.29) is 24.2 Å². The first-order valence-electron chi connectivity index (χ1n) is 9.13. The molecule has 0 atom stereocenters. The number of aromatic nitrogens is 2. The minimum Gasteiger partial charge on any atom is -0.322 e. The standard InChI is InChI=1S/C21H21ClN4O.ClH/c22-16-5-4-6-17(13-16)25-21(27)19-14-24-26(18-7-2-1-3-8-18)20(19)15-9-11-23-12-10-15;/h1-8,13-15,23H,9-12H2,(H,25,27);1H. The van der Waals surface area contributed by atoms with Crippen LogP contribution in [-0.4, -0.2) is 28.8 Å². The third-order valence-electron chi connectivity index (χ3n) is 4.86. The zero-order chi connectivity index (χ0) is 18.6. The number of rotatable bonds is 4. The van der Waals surface area contributed by atoms with Crippen molar-refractivity contribution in [2.24, 2.45) is 0 Å². The molecule has 0 unspecified atom stereocenters. The fraction of sp³-hybridized carbons (Fsp3) is 0.238. The van der Waals surface area contributed by atoms with Crippen LogP contribution in [0.1, 0.15) is 34.8 Å². The number of anilines is 1. The smallest absolute Gasteiger partial charge is 0.259 e. The molecule has 0 saturated carbocycles. The lowest BCUT2D eigenvalue weighted by Gasteiger charge is -2.24. The maximum Gasteiger partial charge on any atom is 0.259 e. The van der Waals surface area contributed by atoms with Crippen molar-refractivity contribution in [2.45, 2.75) is 18.8 Å². The Morgan fingerprint density at radius 1 is 1.11 bits per heavy atom. The van der Waals surface area contributed by atoms with Gasteiger partial charge in [-0.3, -0.25) is 4.79 Å². The van der Waals surface area contributed by atoms with Crippen LogP contribution in [0.4, 0.5) is 5.69 Å². The third kappa shape index (κ3) is 4.38. The van der Waals surface area contributed by atoms with Crippen molar-refractivity contribution >= 4 is 35.6 Å². The molecule has 1 aliphatic heterocycles. The highest BCUT2D eigenvalue weighted by molar-refractivity contribution is 6.31. The molecule has 5 nitrogen and oxygen atoms in total. The van der Waals surface area contributed by atoms with Gasteiger partial charge in [0.2, 0.25) is 0 Å². The van der Waals surface area contributed by atoms with E-state index >= 15 is 0 Å². The van der Waals surface area contributed by atoms with Crippen LogP contribution in [0.25, 0.3) is 5.69 Å². The van der Waals surface area contributed by atoms with Crippen LogP contribution in [0.2, 0.25) is 5.02 Å². The second-order valence-corrected chi connectivity index (χ2v) is 7.12. The number of halogens is 2. The Balaban J connectivity index is 0.00000225. The molecule has 1 fully saturated rings. The molecule has 1 saturated heterocycles. The normalized spacial score (nSPS) is 14.3. The fourth-order valence-electron chi connectivity index (χ4n) is 3.56. The van der Waals surface area contributed by atoms with Crippen molar-refractivity contribution in [1.29, 1.82) is 0 Å². The molecule has 1 aromatic heterocycles. The molecule has 0 radical (unpaired) electrons. The van der Waals surface area contributed by atoms with Crippen molar-refractivity contribution in [1.82, 2.24) is 15.1 Å². The average Bonchev–Trinajstić information content (AvgIpc) is 3.15. The zero-order valence-electron chi connectivity index (χ0n) is 15.3. The SMILES string of the molecule is Cl.O=C(Nc1cccc(Cl)c1)c1cnn(-c2ccccc2)c1C1CCNCC1. The van der Waals surface area contributed by atoms with E-state index in [4.69, 9.17) is 11.6 Å². The highest BCUT2D eigenvalue weighted by Gasteiger charge is 2.27. The van der Waals surface area contributed by atoms with Crippen LogP contribution in [0.5, 0.6) is 0 Å². The topological polar surface area (TPSA) is 59.0 Å². The summed E-state index contributed by atoms with van der Waals surface area (Å²) < 4.78 is 1.91. The summed E-state index contributed by atoms with van der Waals surface area (Å²) in [5.74, 6) is 0.127. The molecule has 4 rings (SSSR count). The van der Waals surface area contributed by atoms with Crippen LogP contribution < -0.4 is 10.6 Å². The average molecular weight is 417 g/mol. The molecule has 0 aliphatic carbocycles. The molecule has 7 heteroatoms. The van der Waals surface area contributed by atoms with Crippen LogP contribution in [0.15, 0.2) is 60.8 Å². The second-order valence-electron chi connectivity index (χ2n) is 6.68. The molecule has 1 aliphatic rings. The van der Waals surface area contributed by atoms with E-state index < -0.39 is 0 Å². The van der Waals surface area contributed by atoms with Crippen LogP contribution >= 0.6 is 24.0 Å². The molecule has 28 heavy (non-hydrogen) atoms. The lowest BCUT2D eigenvalue weighted by molar-refractivity contribution is 0.102. The van der Waals surface area contributed by atoms with Crippen molar-refractivity contribution < 1.29 is 4.79 Å². The summed E-state index contributed by atoms with van der Waals surface area (Å²) in [6.45, 7) is 1.89. The number of piperidine rings is 1. The van der Waals surface area contributed by atoms with E-state index in [1.807, 2.05) is 47.1 Å². The number of hydrogen-bond acceptors (Lipinski definition) is 3. The van der Waals surface area contributed by atoms with Crippen molar-refractivity contribution in [3.63, 3.8) is 0 Å². The van der Waals surface area contributed by atoms with Gasteiger partial charge in [-0.15, -0.1) is 12.4 Å². The van der Waals surface area contributed by atoms with Gasteiger partial charge in [0.05, 0.1) is 23.1 Å². The summed E-state index contributed by atoms with van der Waals surface area (Å²) in [5.41, 5.74) is 3.23. The number of hydrogen-bond donors (Lipinski definition) is 2. The van der Waals surface area contributed by atoms with Gasteiger partial charge in [-0.25, -0.2) is 4.68 Å². The number of carbonyl (C=O) groups is 1. The molecule has 146 valence electrons. The molecule has 2 N–H and O–H groups in total. The van der Waals surface area contributed by atoms with Crippen molar-refractivity contribution in [2.75, 3.05) is 18.4 Å². The fourth-order valence-corrected chi connectivity index (χ4v) is 3.75. The van der Waals surface area contributed by atoms with E-state index in [2.05, 4.69) is 15.7 Å². The number of amides is 1. The van der Waals surface area contributed by atoms with Gasteiger partial charge in [0.25, 0.3) is 5.91 Å². The second kappa shape index (κ2) is 9.24.